The highest BCUT2D eigenvalue weighted by molar-refractivity contribution is 6.30. The maximum atomic E-state index is 12.2. The molecule has 1 aromatic rings. The molecule has 19 heavy (non-hydrogen) atoms. The molecule has 0 saturated heterocycles. The second-order valence-electron chi connectivity index (χ2n) is 5.27. The van der Waals surface area contributed by atoms with Crippen LogP contribution in [0.5, 0.6) is 0 Å². The number of carbonyl (C=O) groups is 2. The van der Waals surface area contributed by atoms with Crippen LogP contribution in [-0.4, -0.2) is 24.1 Å². The first-order valence-electron chi connectivity index (χ1n) is 6.74. The average Bonchev–Trinajstić information content (AvgIpc) is 3.29. The van der Waals surface area contributed by atoms with Crippen LogP contribution in [0.15, 0.2) is 18.2 Å². The van der Waals surface area contributed by atoms with Crippen molar-refractivity contribution in [3.05, 3.63) is 29.3 Å². The third kappa shape index (κ3) is 2.39. The van der Waals surface area contributed by atoms with E-state index in [2.05, 4.69) is 0 Å². The molecule has 1 heterocycles. The minimum atomic E-state index is -0.0601. The molecule has 0 unspecified atom stereocenters. The molecular weight excluding hydrogens is 262 g/mol. The summed E-state index contributed by atoms with van der Waals surface area (Å²) in [5.74, 6) is 0.423. The number of amides is 1. The fourth-order valence-electron chi connectivity index (χ4n) is 2.63. The highest BCUT2D eigenvalue weighted by Crippen LogP contribution is 2.36. The number of anilines is 1. The lowest BCUT2D eigenvalue weighted by Crippen LogP contribution is -2.36. The van der Waals surface area contributed by atoms with Crippen molar-refractivity contribution in [2.24, 2.45) is 5.92 Å². The number of benzene rings is 1. The SMILES string of the molecule is O=C(CCl)c1ccc2c(c1)CCCN2C(=O)C1CC1. The second-order valence-corrected chi connectivity index (χ2v) is 5.54. The number of halogens is 1. The first-order valence-corrected chi connectivity index (χ1v) is 7.27. The van der Waals surface area contributed by atoms with E-state index in [0.29, 0.717) is 5.56 Å². The summed E-state index contributed by atoms with van der Waals surface area (Å²) in [4.78, 5) is 25.8. The number of aryl methyl sites for hydroxylation is 1. The van der Waals surface area contributed by atoms with Crippen LogP contribution in [0.25, 0.3) is 0 Å². The molecule has 0 atom stereocenters. The Morgan fingerprint density at radius 1 is 1.32 bits per heavy atom. The summed E-state index contributed by atoms with van der Waals surface area (Å²) in [5.41, 5.74) is 2.72. The molecule has 4 heteroatoms. The van der Waals surface area contributed by atoms with E-state index in [4.69, 9.17) is 11.6 Å². The lowest BCUT2D eigenvalue weighted by atomic mass is 9.97. The van der Waals surface area contributed by atoms with E-state index in [-0.39, 0.29) is 23.5 Å². The number of hydrogen-bond donors (Lipinski definition) is 0. The smallest absolute Gasteiger partial charge is 0.230 e. The number of hydrogen-bond acceptors (Lipinski definition) is 2. The fraction of sp³-hybridized carbons (Fsp3) is 0.467. The van der Waals surface area contributed by atoms with E-state index >= 15 is 0 Å². The Balaban J connectivity index is 1.92. The highest BCUT2D eigenvalue weighted by atomic mass is 35.5. The molecule has 1 saturated carbocycles. The predicted molar refractivity (Wildman–Crippen MR) is 74.9 cm³/mol. The van der Waals surface area contributed by atoms with Crippen molar-refractivity contribution in [1.82, 2.24) is 0 Å². The first kappa shape index (κ1) is 12.7. The Bertz CT molecular complexity index is 537. The predicted octanol–water partition coefficient (Wildman–Crippen LogP) is 2.80. The zero-order chi connectivity index (χ0) is 13.4. The van der Waals surface area contributed by atoms with Crippen LogP contribution in [0.4, 0.5) is 5.69 Å². The van der Waals surface area contributed by atoms with Crippen LogP contribution in [-0.2, 0) is 11.2 Å². The van der Waals surface area contributed by atoms with E-state index in [1.54, 1.807) is 6.07 Å². The van der Waals surface area contributed by atoms with Gasteiger partial charge in [-0.3, -0.25) is 9.59 Å². The van der Waals surface area contributed by atoms with Gasteiger partial charge in [-0.25, -0.2) is 0 Å². The normalized spacial score (nSPS) is 18.1. The summed E-state index contributed by atoms with van der Waals surface area (Å²) in [6, 6.07) is 5.57. The number of carbonyl (C=O) groups excluding carboxylic acids is 2. The van der Waals surface area contributed by atoms with Gasteiger partial charge >= 0.3 is 0 Å². The van der Waals surface area contributed by atoms with E-state index in [0.717, 1.165) is 43.5 Å². The topological polar surface area (TPSA) is 37.4 Å². The van der Waals surface area contributed by atoms with Gasteiger partial charge in [-0.1, -0.05) is 0 Å². The van der Waals surface area contributed by atoms with Gasteiger partial charge in [0, 0.05) is 23.7 Å². The van der Waals surface area contributed by atoms with E-state index in [1.807, 2.05) is 17.0 Å². The maximum absolute atomic E-state index is 12.2. The molecule has 3 rings (SSSR count). The monoisotopic (exact) mass is 277 g/mol. The van der Waals surface area contributed by atoms with Gasteiger partial charge in [0.25, 0.3) is 0 Å². The summed E-state index contributed by atoms with van der Waals surface area (Å²) < 4.78 is 0. The lowest BCUT2D eigenvalue weighted by molar-refractivity contribution is -0.119. The summed E-state index contributed by atoms with van der Waals surface area (Å²) in [6.45, 7) is 0.797. The van der Waals surface area contributed by atoms with Crippen molar-refractivity contribution in [3.8, 4) is 0 Å². The maximum Gasteiger partial charge on any atom is 0.230 e. The van der Waals surface area contributed by atoms with Gasteiger partial charge in [-0.15, -0.1) is 11.6 Å². The third-order valence-electron chi connectivity index (χ3n) is 3.83. The minimum Gasteiger partial charge on any atom is -0.312 e. The van der Waals surface area contributed by atoms with Crippen LogP contribution in [0.1, 0.15) is 35.2 Å². The molecule has 2 aliphatic rings. The molecule has 0 bridgehead atoms. The van der Waals surface area contributed by atoms with Gasteiger partial charge < -0.3 is 4.90 Å². The van der Waals surface area contributed by atoms with Crippen LogP contribution in [0.3, 0.4) is 0 Å². The van der Waals surface area contributed by atoms with Crippen LogP contribution in [0.2, 0.25) is 0 Å². The highest BCUT2D eigenvalue weighted by Gasteiger charge is 2.35. The fourth-order valence-corrected chi connectivity index (χ4v) is 2.78. The molecule has 0 radical (unpaired) electrons. The molecule has 1 aliphatic heterocycles. The number of rotatable bonds is 3. The Morgan fingerprint density at radius 2 is 2.11 bits per heavy atom. The van der Waals surface area contributed by atoms with Crippen molar-refractivity contribution in [3.63, 3.8) is 0 Å². The van der Waals surface area contributed by atoms with Crippen molar-refractivity contribution >= 4 is 29.0 Å². The van der Waals surface area contributed by atoms with Crippen molar-refractivity contribution in [1.29, 1.82) is 0 Å². The molecular formula is C15H16ClNO2. The Hall–Kier alpha value is -1.35. The van der Waals surface area contributed by atoms with Crippen LogP contribution in [0, 0.1) is 5.92 Å². The average molecular weight is 278 g/mol. The van der Waals surface area contributed by atoms with Crippen LogP contribution < -0.4 is 4.90 Å². The molecule has 3 nitrogen and oxygen atoms in total. The zero-order valence-corrected chi connectivity index (χ0v) is 11.4. The number of nitrogens with zero attached hydrogens (tertiary/aromatic N) is 1. The Morgan fingerprint density at radius 3 is 2.79 bits per heavy atom. The lowest BCUT2D eigenvalue weighted by Gasteiger charge is -2.30. The number of ketones is 1. The Kier molecular flexibility index (Phi) is 3.31. The first-order chi connectivity index (χ1) is 9.20. The second kappa shape index (κ2) is 4.97. The molecule has 1 fully saturated rings. The molecule has 0 aromatic heterocycles. The van der Waals surface area contributed by atoms with E-state index < -0.39 is 0 Å². The van der Waals surface area contributed by atoms with Crippen LogP contribution >= 0.6 is 11.6 Å². The molecule has 0 N–H and O–H groups in total. The summed E-state index contributed by atoms with van der Waals surface area (Å²) >= 11 is 5.58. The third-order valence-corrected chi connectivity index (χ3v) is 4.08. The summed E-state index contributed by atoms with van der Waals surface area (Å²) in [7, 11) is 0. The largest absolute Gasteiger partial charge is 0.312 e. The summed E-state index contributed by atoms with van der Waals surface area (Å²) in [6.07, 6.45) is 3.93. The van der Waals surface area contributed by atoms with Gasteiger partial charge in [-0.2, -0.15) is 0 Å². The van der Waals surface area contributed by atoms with Crippen molar-refractivity contribution in [2.45, 2.75) is 25.7 Å². The number of Topliss-reactive ketones (excluding diaryl/α,β-unsaturated/α-hetero) is 1. The van der Waals surface area contributed by atoms with Gasteiger partial charge in [0.15, 0.2) is 5.78 Å². The van der Waals surface area contributed by atoms with Gasteiger partial charge in [0.2, 0.25) is 5.91 Å². The van der Waals surface area contributed by atoms with Crippen molar-refractivity contribution < 1.29 is 9.59 Å². The quantitative estimate of drug-likeness (QED) is 0.629. The summed E-state index contributed by atoms with van der Waals surface area (Å²) in [5, 5.41) is 0. The van der Waals surface area contributed by atoms with Crippen molar-refractivity contribution in [2.75, 3.05) is 17.3 Å². The van der Waals surface area contributed by atoms with Gasteiger partial charge in [0.05, 0.1) is 5.88 Å². The number of fused-ring (bicyclic) bond motifs is 1. The molecule has 0 spiro atoms. The van der Waals surface area contributed by atoms with E-state index in [1.165, 1.54) is 0 Å². The van der Waals surface area contributed by atoms with Gasteiger partial charge in [-0.05, 0) is 49.4 Å². The molecule has 1 aromatic carbocycles. The number of alkyl halides is 1. The molecule has 1 amide bonds. The van der Waals surface area contributed by atoms with E-state index in [9.17, 15) is 9.59 Å². The minimum absolute atomic E-state index is 0.00348. The Labute approximate surface area is 117 Å². The zero-order valence-electron chi connectivity index (χ0n) is 10.7. The molecule has 100 valence electrons. The van der Waals surface area contributed by atoms with Gasteiger partial charge in [0.1, 0.15) is 0 Å². The standard InChI is InChI=1S/C15H16ClNO2/c16-9-14(18)12-5-6-13-11(8-12)2-1-7-17(13)15(19)10-3-4-10/h5-6,8,10H,1-4,7,9H2. The molecule has 1 aliphatic carbocycles.